The van der Waals surface area contributed by atoms with E-state index in [4.69, 9.17) is 15.1 Å². The summed E-state index contributed by atoms with van der Waals surface area (Å²) < 4.78 is 4.91. The van der Waals surface area contributed by atoms with Crippen LogP contribution in [0.25, 0.3) is 0 Å². The van der Waals surface area contributed by atoms with E-state index in [1.165, 1.54) is 13.2 Å². The zero-order chi connectivity index (χ0) is 8.97. The number of aromatic hydroxyl groups is 1. The second-order valence-corrected chi connectivity index (χ2v) is 2.37. The third kappa shape index (κ3) is 1.89. The maximum atomic E-state index is 9.16. The van der Waals surface area contributed by atoms with Crippen molar-refractivity contribution >= 4 is 0 Å². The van der Waals surface area contributed by atoms with Gasteiger partial charge in [-0.3, -0.25) is 0 Å². The minimum Gasteiger partial charge on any atom is -0.508 e. The highest BCUT2D eigenvalue weighted by Gasteiger charge is 1.98. The van der Waals surface area contributed by atoms with Gasteiger partial charge >= 0.3 is 0 Å². The molecule has 0 saturated heterocycles. The van der Waals surface area contributed by atoms with Gasteiger partial charge in [-0.05, 0) is 17.7 Å². The predicted molar refractivity (Wildman–Crippen MR) is 44.0 cm³/mol. The number of rotatable bonds is 2. The number of ether oxygens (including phenoxy) is 1. The van der Waals surface area contributed by atoms with E-state index in [2.05, 4.69) is 0 Å². The molecule has 1 rings (SSSR count). The smallest absolute Gasteiger partial charge is 0.122 e. The van der Waals surface area contributed by atoms with Gasteiger partial charge in [-0.25, -0.2) is 0 Å². The second-order valence-electron chi connectivity index (χ2n) is 2.37. The van der Waals surface area contributed by atoms with E-state index in [9.17, 15) is 0 Å². The number of benzene rings is 1. The van der Waals surface area contributed by atoms with Crippen LogP contribution < -0.4 is 4.74 Å². The van der Waals surface area contributed by atoms with Crippen molar-refractivity contribution in [1.29, 1.82) is 5.26 Å². The molecular weight excluding hydrogens is 154 g/mol. The summed E-state index contributed by atoms with van der Waals surface area (Å²) >= 11 is 0. The fourth-order valence-corrected chi connectivity index (χ4v) is 0.955. The molecule has 3 heteroatoms. The monoisotopic (exact) mass is 163 g/mol. The third-order valence-corrected chi connectivity index (χ3v) is 1.47. The van der Waals surface area contributed by atoms with E-state index < -0.39 is 0 Å². The number of nitriles is 1. The maximum absolute atomic E-state index is 9.16. The molecule has 0 aliphatic heterocycles. The zero-order valence-corrected chi connectivity index (χ0v) is 6.74. The average Bonchev–Trinajstić information content (AvgIpc) is 2.04. The van der Waals surface area contributed by atoms with E-state index in [-0.39, 0.29) is 12.2 Å². The van der Waals surface area contributed by atoms with E-state index in [0.29, 0.717) is 5.75 Å². The first-order valence-corrected chi connectivity index (χ1v) is 3.50. The molecule has 62 valence electrons. The molecule has 12 heavy (non-hydrogen) atoms. The number of phenolic OH excluding ortho intramolecular Hbond substituents is 1. The van der Waals surface area contributed by atoms with Crippen molar-refractivity contribution in [2.45, 2.75) is 6.42 Å². The molecule has 1 N–H and O–H groups in total. The molecule has 0 aromatic heterocycles. The van der Waals surface area contributed by atoms with Gasteiger partial charge < -0.3 is 9.84 Å². The van der Waals surface area contributed by atoms with Gasteiger partial charge in [0.2, 0.25) is 0 Å². The zero-order valence-electron chi connectivity index (χ0n) is 6.74. The Kier molecular flexibility index (Phi) is 2.54. The number of hydrogen-bond donors (Lipinski definition) is 1. The summed E-state index contributed by atoms with van der Waals surface area (Å²) in [7, 11) is 1.52. The topological polar surface area (TPSA) is 53.2 Å². The Bertz CT molecular complexity index is 315. The van der Waals surface area contributed by atoms with Crippen molar-refractivity contribution in [3.8, 4) is 17.6 Å². The minimum atomic E-state index is 0.125. The lowest BCUT2D eigenvalue weighted by molar-refractivity contribution is 0.407. The van der Waals surface area contributed by atoms with Crippen LogP contribution in [-0.2, 0) is 6.42 Å². The third-order valence-electron chi connectivity index (χ3n) is 1.47. The summed E-state index contributed by atoms with van der Waals surface area (Å²) in [6.45, 7) is 0. The molecule has 1 aromatic rings. The summed E-state index contributed by atoms with van der Waals surface area (Å²) in [6.07, 6.45) is 0.282. The largest absolute Gasteiger partial charge is 0.508 e. The highest BCUT2D eigenvalue weighted by atomic mass is 16.5. The molecule has 0 radical (unpaired) electrons. The number of methoxy groups -OCH3 is 1. The quantitative estimate of drug-likeness (QED) is 0.718. The molecule has 0 atom stereocenters. The molecule has 0 aliphatic carbocycles. The van der Waals surface area contributed by atoms with Crippen LogP contribution in [0, 0.1) is 11.3 Å². The Balaban J connectivity index is 2.99. The van der Waals surface area contributed by atoms with Gasteiger partial charge in [0, 0.05) is 6.07 Å². The van der Waals surface area contributed by atoms with Gasteiger partial charge in [0.05, 0.1) is 19.6 Å². The van der Waals surface area contributed by atoms with Gasteiger partial charge in [0.15, 0.2) is 0 Å². The predicted octanol–water partition coefficient (Wildman–Crippen LogP) is 1.47. The molecule has 3 nitrogen and oxygen atoms in total. The van der Waals surface area contributed by atoms with Crippen LogP contribution >= 0.6 is 0 Å². The lowest BCUT2D eigenvalue weighted by atomic mass is 10.1. The number of hydrogen-bond acceptors (Lipinski definition) is 3. The summed E-state index contributed by atoms with van der Waals surface area (Å²) in [6, 6.07) is 6.77. The summed E-state index contributed by atoms with van der Waals surface area (Å²) in [5.41, 5.74) is 0.759. The lowest BCUT2D eigenvalue weighted by Gasteiger charge is -2.02. The fourth-order valence-electron chi connectivity index (χ4n) is 0.955. The van der Waals surface area contributed by atoms with Crippen molar-refractivity contribution in [3.05, 3.63) is 23.8 Å². The first-order chi connectivity index (χ1) is 5.76. The van der Waals surface area contributed by atoms with Gasteiger partial charge in [-0.15, -0.1) is 0 Å². The summed E-state index contributed by atoms with van der Waals surface area (Å²) in [5.74, 6) is 0.694. The van der Waals surface area contributed by atoms with Crippen molar-refractivity contribution in [3.63, 3.8) is 0 Å². The van der Waals surface area contributed by atoms with Crippen LogP contribution in [0.3, 0.4) is 0 Å². The Hall–Kier alpha value is -1.69. The van der Waals surface area contributed by atoms with E-state index >= 15 is 0 Å². The summed E-state index contributed by atoms with van der Waals surface area (Å²) in [4.78, 5) is 0. The van der Waals surface area contributed by atoms with Crippen LogP contribution in [0.15, 0.2) is 18.2 Å². The van der Waals surface area contributed by atoms with Gasteiger partial charge in [0.25, 0.3) is 0 Å². The standard InChI is InChI=1S/C9H9NO2/c1-12-9-5-7(2-3-10)4-8(11)6-9/h4-6,11H,2H2,1H3. The lowest BCUT2D eigenvalue weighted by Crippen LogP contribution is -1.86. The van der Waals surface area contributed by atoms with Gasteiger partial charge in [-0.1, -0.05) is 0 Å². The van der Waals surface area contributed by atoms with Crippen molar-refractivity contribution in [1.82, 2.24) is 0 Å². The van der Waals surface area contributed by atoms with Crippen LogP contribution in [0.4, 0.5) is 0 Å². The van der Waals surface area contributed by atoms with E-state index in [1.54, 1.807) is 12.1 Å². The molecule has 0 aliphatic rings. The minimum absolute atomic E-state index is 0.125. The molecule has 0 bridgehead atoms. The summed E-state index contributed by atoms with van der Waals surface area (Å²) in [5, 5.41) is 17.6. The fraction of sp³-hybridized carbons (Fsp3) is 0.222. The van der Waals surface area contributed by atoms with Crippen molar-refractivity contribution in [2.24, 2.45) is 0 Å². The highest BCUT2D eigenvalue weighted by Crippen LogP contribution is 2.21. The molecule has 0 amide bonds. The Morgan fingerprint density at radius 1 is 1.50 bits per heavy atom. The van der Waals surface area contributed by atoms with Crippen LogP contribution in [0.2, 0.25) is 0 Å². The Labute approximate surface area is 70.8 Å². The molecule has 0 unspecified atom stereocenters. The number of phenols is 1. The van der Waals surface area contributed by atoms with Crippen LogP contribution in [0.1, 0.15) is 5.56 Å². The van der Waals surface area contributed by atoms with E-state index in [1.807, 2.05) is 6.07 Å². The first kappa shape index (κ1) is 8.41. The molecular formula is C9H9NO2. The molecule has 0 fully saturated rings. The molecule has 1 aromatic carbocycles. The van der Waals surface area contributed by atoms with Gasteiger partial charge in [0.1, 0.15) is 11.5 Å². The second kappa shape index (κ2) is 3.63. The molecule has 0 heterocycles. The SMILES string of the molecule is COc1cc(O)cc(CC#N)c1. The van der Waals surface area contributed by atoms with Crippen LogP contribution in [0.5, 0.6) is 11.5 Å². The Morgan fingerprint density at radius 2 is 2.25 bits per heavy atom. The average molecular weight is 163 g/mol. The normalized spacial score (nSPS) is 9.00. The highest BCUT2D eigenvalue weighted by molar-refractivity contribution is 5.38. The van der Waals surface area contributed by atoms with Crippen molar-refractivity contribution in [2.75, 3.05) is 7.11 Å². The van der Waals surface area contributed by atoms with Crippen LogP contribution in [-0.4, -0.2) is 12.2 Å². The number of nitrogens with zero attached hydrogens (tertiary/aromatic N) is 1. The molecule has 0 saturated carbocycles. The first-order valence-electron chi connectivity index (χ1n) is 3.50. The molecule has 0 spiro atoms. The maximum Gasteiger partial charge on any atom is 0.122 e. The Morgan fingerprint density at radius 3 is 2.83 bits per heavy atom. The van der Waals surface area contributed by atoms with E-state index in [0.717, 1.165) is 5.56 Å². The van der Waals surface area contributed by atoms with Crippen molar-refractivity contribution < 1.29 is 9.84 Å². The van der Waals surface area contributed by atoms with Gasteiger partial charge in [-0.2, -0.15) is 5.26 Å².